The molecule has 1 aliphatic heterocycles. The number of pyridine rings is 1. The Balaban J connectivity index is 1.37. The highest BCUT2D eigenvalue weighted by Crippen LogP contribution is 2.32. The van der Waals surface area contributed by atoms with E-state index in [0.717, 1.165) is 34.5 Å². The number of thiophene rings is 1. The molecule has 3 aromatic heterocycles. The summed E-state index contributed by atoms with van der Waals surface area (Å²) in [5.74, 6) is 0. The number of H-pyrrole nitrogens is 1. The number of carbonyl (C=O) groups excluding carboxylic acids is 1. The van der Waals surface area contributed by atoms with E-state index in [1.807, 2.05) is 37.9 Å². The molecule has 1 aromatic carbocycles. The third kappa shape index (κ3) is 4.21. The van der Waals surface area contributed by atoms with Crippen molar-refractivity contribution in [2.24, 2.45) is 0 Å². The van der Waals surface area contributed by atoms with Crippen LogP contribution in [0.2, 0.25) is 0 Å². The van der Waals surface area contributed by atoms with Crippen molar-refractivity contribution in [1.29, 1.82) is 0 Å². The number of hydrogen-bond acceptors (Lipinski definition) is 4. The summed E-state index contributed by atoms with van der Waals surface area (Å²) in [6.45, 7) is 7.29. The number of nitrogens with one attached hydrogen (secondary N) is 3. The van der Waals surface area contributed by atoms with Gasteiger partial charge in [0, 0.05) is 46.3 Å². The molecule has 2 amide bonds. The Hall–Kier alpha value is -3.32. The second-order valence-electron chi connectivity index (χ2n) is 9.21. The van der Waals surface area contributed by atoms with Gasteiger partial charge in [0.2, 0.25) is 0 Å². The fraction of sp³-hybridized carbons (Fsp3) is 0.280. The van der Waals surface area contributed by atoms with Crippen LogP contribution in [0, 0.1) is 0 Å². The van der Waals surface area contributed by atoms with Crippen molar-refractivity contribution in [3.05, 3.63) is 59.7 Å². The van der Waals surface area contributed by atoms with Gasteiger partial charge in [-0.05, 0) is 73.9 Å². The third-order valence-electron chi connectivity index (χ3n) is 5.59. The van der Waals surface area contributed by atoms with E-state index in [2.05, 4.69) is 62.4 Å². The number of amides is 2. The Kier molecular flexibility index (Phi) is 5.13. The molecule has 0 atom stereocenters. The molecule has 0 bridgehead atoms. The van der Waals surface area contributed by atoms with Gasteiger partial charge >= 0.3 is 6.03 Å². The number of aromatic nitrogens is 2. The topological polar surface area (TPSA) is 73.1 Å². The molecule has 3 N–H and O–H groups in total. The molecule has 0 radical (unpaired) electrons. The molecular formula is C25H27N5OS. The van der Waals surface area contributed by atoms with E-state index in [9.17, 15) is 4.79 Å². The monoisotopic (exact) mass is 445 g/mol. The van der Waals surface area contributed by atoms with Gasteiger partial charge in [0.05, 0.1) is 5.69 Å². The number of fused-ring (bicyclic) bond motifs is 2. The minimum absolute atomic E-state index is 0.0136. The van der Waals surface area contributed by atoms with Crippen LogP contribution in [0.4, 0.5) is 16.2 Å². The SMILES string of the molecule is CC(C)(C)NC(=O)N1CC=C(c2cc3c(Nc4ccc5ccsc5c4)ccnc3[nH]2)CC1. The van der Waals surface area contributed by atoms with Gasteiger partial charge in [-0.25, -0.2) is 9.78 Å². The van der Waals surface area contributed by atoms with Crippen LogP contribution in [-0.2, 0) is 0 Å². The summed E-state index contributed by atoms with van der Waals surface area (Å²) in [5.41, 5.74) is 4.99. The molecule has 0 saturated heterocycles. The zero-order valence-electron chi connectivity index (χ0n) is 18.5. The van der Waals surface area contributed by atoms with E-state index >= 15 is 0 Å². The maximum Gasteiger partial charge on any atom is 0.318 e. The first-order chi connectivity index (χ1) is 15.4. The molecular weight excluding hydrogens is 418 g/mol. The summed E-state index contributed by atoms with van der Waals surface area (Å²) in [6.07, 6.45) is 4.76. The molecule has 0 aliphatic carbocycles. The van der Waals surface area contributed by atoms with Crippen LogP contribution in [0.5, 0.6) is 0 Å². The van der Waals surface area contributed by atoms with E-state index in [-0.39, 0.29) is 11.6 Å². The highest BCUT2D eigenvalue weighted by Gasteiger charge is 2.22. The van der Waals surface area contributed by atoms with Gasteiger partial charge in [-0.1, -0.05) is 12.1 Å². The number of nitrogens with zero attached hydrogens (tertiary/aromatic N) is 2. The second kappa shape index (κ2) is 7.98. The minimum atomic E-state index is -0.235. The smallest absolute Gasteiger partial charge is 0.318 e. The Bertz CT molecular complexity index is 1330. The number of rotatable bonds is 3. The lowest BCUT2D eigenvalue weighted by Crippen LogP contribution is -2.49. The molecule has 164 valence electrons. The molecule has 4 heterocycles. The molecule has 0 fully saturated rings. The van der Waals surface area contributed by atoms with Crippen LogP contribution in [0.25, 0.3) is 26.7 Å². The van der Waals surface area contributed by atoms with Crippen LogP contribution >= 0.6 is 11.3 Å². The zero-order chi connectivity index (χ0) is 22.3. The first-order valence-corrected chi connectivity index (χ1v) is 11.7. The molecule has 5 rings (SSSR count). The average Bonchev–Trinajstić information content (AvgIpc) is 3.40. The summed E-state index contributed by atoms with van der Waals surface area (Å²) in [5, 5.41) is 11.0. The zero-order valence-corrected chi connectivity index (χ0v) is 19.3. The van der Waals surface area contributed by atoms with Crippen LogP contribution in [0.15, 0.2) is 54.1 Å². The fourth-order valence-electron chi connectivity index (χ4n) is 3.99. The molecule has 32 heavy (non-hydrogen) atoms. The normalized spacial score (nSPS) is 14.6. The maximum absolute atomic E-state index is 12.4. The van der Waals surface area contributed by atoms with Gasteiger partial charge < -0.3 is 20.5 Å². The maximum atomic E-state index is 12.4. The lowest BCUT2D eigenvalue weighted by Gasteiger charge is -2.30. The van der Waals surface area contributed by atoms with Gasteiger partial charge in [0.25, 0.3) is 0 Å². The van der Waals surface area contributed by atoms with E-state index in [4.69, 9.17) is 0 Å². The Labute approximate surface area is 191 Å². The van der Waals surface area contributed by atoms with Crippen molar-refractivity contribution in [3.8, 4) is 0 Å². The number of urea groups is 1. The van der Waals surface area contributed by atoms with E-state index in [0.29, 0.717) is 13.1 Å². The number of hydrogen-bond donors (Lipinski definition) is 3. The van der Waals surface area contributed by atoms with Crippen molar-refractivity contribution in [2.75, 3.05) is 18.4 Å². The van der Waals surface area contributed by atoms with E-state index in [1.54, 1.807) is 11.3 Å². The van der Waals surface area contributed by atoms with E-state index in [1.165, 1.54) is 15.7 Å². The first kappa shape index (κ1) is 20.6. The predicted molar refractivity (Wildman–Crippen MR) is 134 cm³/mol. The first-order valence-electron chi connectivity index (χ1n) is 10.8. The summed E-state index contributed by atoms with van der Waals surface area (Å²) >= 11 is 1.75. The molecule has 6 nitrogen and oxygen atoms in total. The van der Waals surface area contributed by atoms with Crippen LogP contribution in [-0.4, -0.2) is 39.5 Å². The predicted octanol–water partition coefficient (Wildman–Crippen LogP) is 6.12. The van der Waals surface area contributed by atoms with Crippen LogP contribution in [0.3, 0.4) is 0 Å². The molecule has 7 heteroatoms. The highest BCUT2D eigenvalue weighted by molar-refractivity contribution is 7.17. The largest absolute Gasteiger partial charge is 0.355 e. The summed E-state index contributed by atoms with van der Waals surface area (Å²) < 4.78 is 1.27. The van der Waals surface area contributed by atoms with Crippen molar-refractivity contribution in [1.82, 2.24) is 20.2 Å². The third-order valence-corrected chi connectivity index (χ3v) is 6.47. The standard InChI is InChI=1S/C25H27N5OS/c1-25(2,3)29-24(31)30-11-7-16(8-12-30)21-15-19-20(6-10-26-23(19)28-21)27-18-5-4-17-9-13-32-22(17)14-18/h4-7,9-10,13-15H,8,11-12H2,1-3H3,(H,29,31)(H2,26,27,28). The molecule has 0 unspecified atom stereocenters. The number of benzene rings is 1. The number of anilines is 2. The second-order valence-corrected chi connectivity index (χ2v) is 10.2. The number of aromatic amines is 1. The Morgan fingerprint density at radius 3 is 2.84 bits per heavy atom. The van der Waals surface area contributed by atoms with Crippen LogP contribution in [0.1, 0.15) is 32.9 Å². The van der Waals surface area contributed by atoms with Gasteiger partial charge in [0.15, 0.2) is 0 Å². The summed E-state index contributed by atoms with van der Waals surface area (Å²) in [6, 6.07) is 12.7. The molecule has 1 aliphatic rings. The van der Waals surface area contributed by atoms with Crippen molar-refractivity contribution >= 4 is 55.4 Å². The molecule has 4 aromatic rings. The van der Waals surface area contributed by atoms with E-state index < -0.39 is 0 Å². The highest BCUT2D eigenvalue weighted by atomic mass is 32.1. The van der Waals surface area contributed by atoms with Crippen molar-refractivity contribution < 1.29 is 4.79 Å². The lowest BCUT2D eigenvalue weighted by molar-refractivity contribution is 0.193. The Morgan fingerprint density at radius 2 is 2.06 bits per heavy atom. The number of carbonyl (C=O) groups is 1. The molecule has 0 spiro atoms. The van der Waals surface area contributed by atoms with Gasteiger partial charge in [-0.2, -0.15) is 0 Å². The quantitative estimate of drug-likeness (QED) is 0.356. The van der Waals surface area contributed by atoms with Gasteiger partial charge in [0.1, 0.15) is 5.65 Å². The summed E-state index contributed by atoms with van der Waals surface area (Å²) in [4.78, 5) is 22.3. The van der Waals surface area contributed by atoms with Crippen molar-refractivity contribution in [2.45, 2.75) is 32.7 Å². The minimum Gasteiger partial charge on any atom is -0.355 e. The fourth-order valence-corrected chi connectivity index (χ4v) is 4.82. The lowest BCUT2D eigenvalue weighted by atomic mass is 10.0. The van der Waals surface area contributed by atoms with Crippen molar-refractivity contribution in [3.63, 3.8) is 0 Å². The van der Waals surface area contributed by atoms with Crippen LogP contribution < -0.4 is 10.6 Å². The summed E-state index contributed by atoms with van der Waals surface area (Å²) in [7, 11) is 0. The average molecular weight is 446 g/mol. The van der Waals surface area contributed by atoms with Gasteiger partial charge in [-0.3, -0.25) is 0 Å². The Morgan fingerprint density at radius 1 is 1.19 bits per heavy atom. The molecule has 0 saturated carbocycles. The van der Waals surface area contributed by atoms with Gasteiger partial charge in [-0.15, -0.1) is 11.3 Å².